The monoisotopic (exact) mass is 185 g/mol. The SMILES string of the molecule is CCCN1C[C@H](C(=O)O)CCC1=O. The number of carboxylic acid groups (broad SMARTS) is 1. The van der Waals surface area contributed by atoms with Crippen LogP contribution < -0.4 is 0 Å². The molecule has 1 amide bonds. The summed E-state index contributed by atoms with van der Waals surface area (Å²) in [5, 5.41) is 8.77. The highest BCUT2D eigenvalue weighted by atomic mass is 16.4. The molecule has 0 aromatic heterocycles. The number of carboxylic acids is 1. The molecule has 0 aliphatic carbocycles. The van der Waals surface area contributed by atoms with Crippen LogP contribution in [0.15, 0.2) is 0 Å². The minimum absolute atomic E-state index is 0.0966. The predicted octanol–water partition coefficient (Wildman–Crippen LogP) is 0.720. The van der Waals surface area contributed by atoms with E-state index in [1.807, 2.05) is 6.92 Å². The van der Waals surface area contributed by atoms with E-state index in [2.05, 4.69) is 0 Å². The minimum Gasteiger partial charge on any atom is -0.481 e. The van der Waals surface area contributed by atoms with Gasteiger partial charge in [0, 0.05) is 19.5 Å². The molecule has 0 aromatic rings. The van der Waals surface area contributed by atoms with Crippen molar-refractivity contribution in [3.8, 4) is 0 Å². The Balaban J connectivity index is 2.52. The van der Waals surface area contributed by atoms with Crippen molar-refractivity contribution in [2.24, 2.45) is 5.92 Å². The molecule has 0 unspecified atom stereocenters. The van der Waals surface area contributed by atoms with Crippen LogP contribution in [0.3, 0.4) is 0 Å². The molecule has 1 aliphatic rings. The Hall–Kier alpha value is -1.06. The molecular formula is C9H15NO3. The molecule has 1 aliphatic heterocycles. The zero-order valence-electron chi connectivity index (χ0n) is 7.82. The van der Waals surface area contributed by atoms with Crippen LogP contribution in [-0.2, 0) is 9.59 Å². The Kier molecular flexibility index (Phi) is 3.28. The summed E-state index contributed by atoms with van der Waals surface area (Å²) in [6, 6.07) is 0. The summed E-state index contributed by atoms with van der Waals surface area (Å²) in [5.41, 5.74) is 0. The van der Waals surface area contributed by atoms with Crippen molar-refractivity contribution >= 4 is 11.9 Å². The maximum Gasteiger partial charge on any atom is 0.308 e. The zero-order valence-corrected chi connectivity index (χ0v) is 7.82. The lowest BCUT2D eigenvalue weighted by atomic mass is 9.98. The molecule has 1 rings (SSSR count). The molecule has 4 nitrogen and oxygen atoms in total. The Morgan fingerprint density at radius 2 is 2.38 bits per heavy atom. The van der Waals surface area contributed by atoms with Crippen LogP contribution in [0.5, 0.6) is 0 Å². The van der Waals surface area contributed by atoms with Gasteiger partial charge in [-0.15, -0.1) is 0 Å². The van der Waals surface area contributed by atoms with Crippen LogP contribution in [-0.4, -0.2) is 35.0 Å². The van der Waals surface area contributed by atoms with E-state index in [0.717, 1.165) is 6.42 Å². The van der Waals surface area contributed by atoms with Crippen molar-refractivity contribution in [1.82, 2.24) is 4.90 Å². The lowest BCUT2D eigenvalue weighted by Crippen LogP contribution is -2.42. The normalized spacial score (nSPS) is 23.3. The largest absolute Gasteiger partial charge is 0.481 e. The number of carbonyl (C=O) groups is 2. The highest BCUT2D eigenvalue weighted by Crippen LogP contribution is 2.17. The lowest BCUT2D eigenvalue weighted by molar-refractivity contribution is -0.147. The molecule has 1 fully saturated rings. The van der Waals surface area contributed by atoms with E-state index in [9.17, 15) is 9.59 Å². The first-order valence-corrected chi connectivity index (χ1v) is 4.65. The number of rotatable bonds is 3. The van der Waals surface area contributed by atoms with Gasteiger partial charge < -0.3 is 10.0 Å². The third-order valence-electron chi connectivity index (χ3n) is 2.34. The molecule has 0 aromatic carbocycles. The van der Waals surface area contributed by atoms with Crippen molar-refractivity contribution in [3.63, 3.8) is 0 Å². The standard InChI is InChI=1S/C9H15NO3/c1-2-5-10-6-7(9(12)13)3-4-8(10)11/h7H,2-6H2,1H3,(H,12,13)/t7-/m1/s1. The van der Waals surface area contributed by atoms with Crippen molar-refractivity contribution in [1.29, 1.82) is 0 Å². The highest BCUT2D eigenvalue weighted by Gasteiger charge is 2.29. The molecule has 74 valence electrons. The molecule has 0 spiro atoms. The second-order valence-electron chi connectivity index (χ2n) is 3.41. The van der Waals surface area contributed by atoms with Gasteiger partial charge in [-0.2, -0.15) is 0 Å². The lowest BCUT2D eigenvalue weighted by Gasteiger charge is -2.30. The second-order valence-corrected chi connectivity index (χ2v) is 3.41. The number of nitrogens with zero attached hydrogens (tertiary/aromatic N) is 1. The van der Waals surface area contributed by atoms with Crippen molar-refractivity contribution in [3.05, 3.63) is 0 Å². The number of piperidine rings is 1. The maximum atomic E-state index is 11.3. The topological polar surface area (TPSA) is 57.6 Å². The molecule has 0 bridgehead atoms. The Labute approximate surface area is 77.5 Å². The first-order chi connectivity index (χ1) is 6.15. The number of carbonyl (C=O) groups excluding carboxylic acids is 1. The van der Waals surface area contributed by atoms with Crippen LogP contribution in [0.4, 0.5) is 0 Å². The fourth-order valence-corrected chi connectivity index (χ4v) is 1.60. The Morgan fingerprint density at radius 3 is 2.92 bits per heavy atom. The number of aliphatic carboxylic acids is 1. The van der Waals surface area contributed by atoms with Gasteiger partial charge >= 0.3 is 5.97 Å². The number of hydrogen-bond acceptors (Lipinski definition) is 2. The van der Waals surface area contributed by atoms with Gasteiger partial charge in [0.1, 0.15) is 0 Å². The summed E-state index contributed by atoms with van der Waals surface area (Å²) < 4.78 is 0. The summed E-state index contributed by atoms with van der Waals surface area (Å²) in [6.45, 7) is 3.06. The molecular weight excluding hydrogens is 170 g/mol. The molecule has 13 heavy (non-hydrogen) atoms. The first kappa shape index (κ1) is 10.0. The van der Waals surface area contributed by atoms with Gasteiger partial charge in [-0.25, -0.2) is 0 Å². The third-order valence-corrected chi connectivity index (χ3v) is 2.34. The third kappa shape index (κ3) is 2.44. The van der Waals surface area contributed by atoms with Gasteiger partial charge in [0.15, 0.2) is 0 Å². The Bertz CT molecular complexity index is 215. The van der Waals surface area contributed by atoms with Crippen LogP contribution in [0.2, 0.25) is 0 Å². The van der Waals surface area contributed by atoms with E-state index in [-0.39, 0.29) is 11.8 Å². The van der Waals surface area contributed by atoms with Crippen LogP contribution >= 0.6 is 0 Å². The van der Waals surface area contributed by atoms with E-state index in [1.165, 1.54) is 0 Å². The van der Waals surface area contributed by atoms with Gasteiger partial charge in [-0.05, 0) is 12.8 Å². The fraction of sp³-hybridized carbons (Fsp3) is 0.778. The molecule has 1 N–H and O–H groups in total. The van der Waals surface area contributed by atoms with E-state index < -0.39 is 5.97 Å². The molecule has 0 radical (unpaired) electrons. The summed E-state index contributed by atoms with van der Waals surface area (Å²) in [5.74, 6) is -1.04. The number of likely N-dealkylation sites (tertiary alicyclic amines) is 1. The van der Waals surface area contributed by atoms with Gasteiger partial charge in [0.25, 0.3) is 0 Å². The summed E-state index contributed by atoms with van der Waals surface area (Å²) in [7, 11) is 0. The number of amides is 1. The van der Waals surface area contributed by atoms with Crippen molar-refractivity contribution in [2.45, 2.75) is 26.2 Å². The van der Waals surface area contributed by atoms with E-state index in [1.54, 1.807) is 4.90 Å². The van der Waals surface area contributed by atoms with Crippen LogP contribution in [0.1, 0.15) is 26.2 Å². The average Bonchev–Trinajstić information content (AvgIpc) is 2.08. The van der Waals surface area contributed by atoms with Crippen molar-refractivity contribution in [2.75, 3.05) is 13.1 Å². The molecule has 4 heteroatoms. The van der Waals surface area contributed by atoms with Gasteiger partial charge in [-0.3, -0.25) is 9.59 Å². The van der Waals surface area contributed by atoms with E-state index in [4.69, 9.17) is 5.11 Å². The summed E-state index contributed by atoms with van der Waals surface area (Å²) in [4.78, 5) is 23.6. The fourth-order valence-electron chi connectivity index (χ4n) is 1.60. The molecule has 1 atom stereocenters. The van der Waals surface area contributed by atoms with E-state index >= 15 is 0 Å². The average molecular weight is 185 g/mol. The highest BCUT2D eigenvalue weighted by molar-refractivity contribution is 5.80. The zero-order chi connectivity index (χ0) is 9.84. The van der Waals surface area contributed by atoms with Crippen molar-refractivity contribution < 1.29 is 14.7 Å². The summed E-state index contributed by atoms with van der Waals surface area (Å²) >= 11 is 0. The molecule has 1 heterocycles. The smallest absolute Gasteiger partial charge is 0.308 e. The Morgan fingerprint density at radius 1 is 1.69 bits per heavy atom. The maximum absolute atomic E-state index is 11.3. The summed E-state index contributed by atoms with van der Waals surface area (Å²) in [6.07, 6.45) is 1.77. The van der Waals surface area contributed by atoms with Gasteiger partial charge in [0.05, 0.1) is 5.92 Å². The van der Waals surface area contributed by atoms with Crippen LogP contribution in [0, 0.1) is 5.92 Å². The van der Waals surface area contributed by atoms with Gasteiger partial charge in [-0.1, -0.05) is 6.92 Å². The quantitative estimate of drug-likeness (QED) is 0.704. The second kappa shape index (κ2) is 4.25. The van der Waals surface area contributed by atoms with Crippen LogP contribution in [0.25, 0.3) is 0 Å². The number of hydrogen-bond donors (Lipinski definition) is 1. The predicted molar refractivity (Wildman–Crippen MR) is 47.2 cm³/mol. The molecule has 0 saturated carbocycles. The van der Waals surface area contributed by atoms with E-state index in [0.29, 0.717) is 25.9 Å². The minimum atomic E-state index is -0.784. The van der Waals surface area contributed by atoms with Gasteiger partial charge in [0.2, 0.25) is 5.91 Å². The first-order valence-electron chi connectivity index (χ1n) is 4.65. The molecule has 1 saturated heterocycles.